The molecule has 5 nitrogen and oxygen atoms in total. The van der Waals surface area contributed by atoms with Gasteiger partial charge in [0.2, 0.25) is 0 Å². The highest BCUT2D eigenvalue weighted by atomic mass is 16.5. The summed E-state index contributed by atoms with van der Waals surface area (Å²) in [5.74, 6) is 0.790. The Morgan fingerprint density at radius 2 is 1.86 bits per heavy atom. The van der Waals surface area contributed by atoms with Crippen molar-refractivity contribution in [1.29, 1.82) is 0 Å². The molecule has 6 heteroatoms. The van der Waals surface area contributed by atoms with Gasteiger partial charge in [0.1, 0.15) is 5.75 Å². The Hall–Kier alpha value is -1.08. The van der Waals surface area contributed by atoms with Crippen LogP contribution >= 0.6 is 0 Å². The second-order valence-electron chi connectivity index (χ2n) is 6.00. The van der Waals surface area contributed by atoms with Crippen LogP contribution in [0.3, 0.4) is 0 Å². The molecule has 2 unspecified atom stereocenters. The molecule has 0 spiro atoms. The van der Waals surface area contributed by atoms with Gasteiger partial charge in [0.25, 0.3) is 0 Å². The van der Waals surface area contributed by atoms with Gasteiger partial charge in [0, 0.05) is 37.3 Å². The van der Waals surface area contributed by atoms with Crippen molar-refractivity contribution in [2.75, 3.05) is 27.2 Å². The lowest BCUT2D eigenvalue weighted by atomic mass is 9.79. The maximum Gasteiger partial charge on any atom is 0.488 e. The van der Waals surface area contributed by atoms with Gasteiger partial charge < -0.3 is 14.8 Å². The summed E-state index contributed by atoms with van der Waals surface area (Å²) in [5.41, 5.74) is 1.49. The van der Waals surface area contributed by atoms with Crippen LogP contribution in [0.2, 0.25) is 0 Å². The molecule has 0 saturated carbocycles. The Balaban J connectivity index is 2.16. The van der Waals surface area contributed by atoms with E-state index in [0.29, 0.717) is 17.5 Å². The average molecular weight is 292 g/mol. The van der Waals surface area contributed by atoms with Gasteiger partial charge in [-0.2, -0.15) is 0 Å². The fourth-order valence-corrected chi connectivity index (χ4v) is 2.97. The minimum Gasteiger partial charge on any atom is -0.496 e. The van der Waals surface area contributed by atoms with Crippen molar-refractivity contribution in [2.45, 2.75) is 32.5 Å². The average Bonchev–Trinajstić information content (AvgIpc) is 2.44. The molecule has 1 heterocycles. The van der Waals surface area contributed by atoms with E-state index in [2.05, 4.69) is 30.7 Å². The van der Waals surface area contributed by atoms with Crippen molar-refractivity contribution >= 4 is 12.6 Å². The number of benzene rings is 1. The number of rotatable bonds is 4. The molecule has 2 N–H and O–H groups in total. The lowest BCUT2D eigenvalue weighted by Gasteiger charge is -2.42. The van der Waals surface area contributed by atoms with E-state index in [1.807, 2.05) is 6.07 Å². The highest BCUT2D eigenvalue weighted by molar-refractivity contribution is 6.58. The summed E-state index contributed by atoms with van der Waals surface area (Å²) in [5, 5.41) is 18.7. The first-order valence-corrected chi connectivity index (χ1v) is 7.39. The first-order chi connectivity index (χ1) is 9.92. The number of likely N-dealkylation sites (N-methyl/N-ethyl adjacent to an activating group) is 1. The van der Waals surface area contributed by atoms with Crippen molar-refractivity contribution in [1.82, 2.24) is 9.80 Å². The van der Waals surface area contributed by atoms with Crippen LogP contribution in [0.4, 0.5) is 0 Å². The predicted molar refractivity (Wildman–Crippen MR) is 84.8 cm³/mol. The Bertz CT molecular complexity index is 472. The van der Waals surface area contributed by atoms with Gasteiger partial charge in [0.15, 0.2) is 0 Å². The largest absolute Gasteiger partial charge is 0.496 e. The van der Waals surface area contributed by atoms with Crippen molar-refractivity contribution in [2.24, 2.45) is 0 Å². The van der Waals surface area contributed by atoms with Crippen LogP contribution in [-0.4, -0.2) is 66.3 Å². The monoisotopic (exact) mass is 292 g/mol. The molecule has 0 aliphatic carbocycles. The molecule has 1 saturated heterocycles. The summed E-state index contributed by atoms with van der Waals surface area (Å²) in [6.45, 7) is 7.21. The van der Waals surface area contributed by atoms with Crippen LogP contribution in [0.25, 0.3) is 0 Å². The smallest absolute Gasteiger partial charge is 0.488 e. The Morgan fingerprint density at radius 1 is 1.24 bits per heavy atom. The van der Waals surface area contributed by atoms with E-state index in [0.717, 1.165) is 30.9 Å². The van der Waals surface area contributed by atoms with Gasteiger partial charge in [-0.25, -0.2) is 0 Å². The summed E-state index contributed by atoms with van der Waals surface area (Å²) in [4.78, 5) is 4.78. The van der Waals surface area contributed by atoms with Crippen molar-refractivity contribution in [3.8, 4) is 5.75 Å². The van der Waals surface area contributed by atoms with Crippen LogP contribution in [0.5, 0.6) is 5.75 Å². The van der Waals surface area contributed by atoms with Gasteiger partial charge in [0.05, 0.1) is 7.11 Å². The molecule has 1 aliphatic rings. The Labute approximate surface area is 127 Å². The third-order valence-electron chi connectivity index (χ3n) is 4.43. The lowest BCUT2D eigenvalue weighted by Crippen LogP contribution is -2.54. The SMILES string of the molecule is COc1ccc(B(O)O)cc1CN1CC(C)N(C)C(C)C1. The van der Waals surface area contributed by atoms with Crippen LogP contribution in [0.15, 0.2) is 18.2 Å². The molecule has 1 aliphatic heterocycles. The van der Waals surface area contributed by atoms with Crippen molar-refractivity contribution in [3.05, 3.63) is 23.8 Å². The predicted octanol–water partition coefficient (Wildman–Crippen LogP) is -0.101. The number of ether oxygens (including phenoxy) is 1. The molecule has 2 atom stereocenters. The van der Waals surface area contributed by atoms with Gasteiger partial charge in [-0.1, -0.05) is 12.1 Å². The molecular weight excluding hydrogens is 267 g/mol. The van der Waals surface area contributed by atoms with E-state index in [9.17, 15) is 10.0 Å². The normalized spacial score (nSPS) is 24.1. The lowest BCUT2D eigenvalue weighted by molar-refractivity contribution is 0.0552. The second kappa shape index (κ2) is 6.79. The summed E-state index contributed by atoms with van der Waals surface area (Å²) >= 11 is 0. The molecule has 116 valence electrons. The van der Waals surface area contributed by atoms with E-state index in [1.165, 1.54) is 0 Å². The van der Waals surface area contributed by atoms with Crippen LogP contribution in [-0.2, 0) is 6.54 Å². The Morgan fingerprint density at radius 3 is 2.38 bits per heavy atom. The fraction of sp³-hybridized carbons (Fsp3) is 0.600. The third-order valence-corrected chi connectivity index (χ3v) is 4.43. The molecular formula is C15H25BN2O3. The molecule has 21 heavy (non-hydrogen) atoms. The minimum atomic E-state index is -1.44. The highest BCUT2D eigenvalue weighted by Crippen LogP contribution is 2.21. The van der Waals surface area contributed by atoms with Crippen LogP contribution < -0.4 is 10.2 Å². The first kappa shape index (κ1) is 16.3. The molecule has 0 aromatic heterocycles. The quantitative estimate of drug-likeness (QED) is 0.759. The second-order valence-corrected chi connectivity index (χ2v) is 6.00. The van der Waals surface area contributed by atoms with Crippen LogP contribution in [0, 0.1) is 0 Å². The fourth-order valence-electron chi connectivity index (χ4n) is 2.97. The molecule has 1 fully saturated rings. The van der Waals surface area contributed by atoms with E-state index in [1.54, 1.807) is 19.2 Å². The summed E-state index contributed by atoms with van der Waals surface area (Å²) < 4.78 is 5.40. The molecule has 1 aromatic carbocycles. The van der Waals surface area contributed by atoms with Crippen molar-refractivity contribution in [3.63, 3.8) is 0 Å². The zero-order chi connectivity index (χ0) is 15.6. The number of hydrogen-bond acceptors (Lipinski definition) is 5. The number of piperazine rings is 1. The topological polar surface area (TPSA) is 56.2 Å². The van der Waals surface area contributed by atoms with Crippen molar-refractivity contribution < 1.29 is 14.8 Å². The summed E-state index contributed by atoms with van der Waals surface area (Å²) in [6.07, 6.45) is 0. The van der Waals surface area contributed by atoms with E-state index >= 15 is 0 Å². The maximum absolute atomic E-state index is 9.33. The molecule has 1 aromatic rings. The van der Waals surface area contributed by atoms with Gasteiger partial charge >= 0.3 is 7.12 Å². The first-order valence-electron chi connectivity index (χ1n) is 7.39. The standard InChI is InChI=1S/C15H25BN2O3/c1-11-8-18(9-12(2)17(11)3)10-13-7-14(16(19)20)5-6-15(13)21-4/h5-7,11-12,19-20H,8-10H2,1-4H3. The van der Waals surface area contributed by atoms with Gasteiger partial charge in [-0.15, -0.1) is 0 Å². The maximum atomic E-state index is 9.33. The van der Waals surface area contributed by atoms with Gasteiger partial charge in [-0.3, -0.25) is 9.80 Å². The third kappa shape index (κ3) is 3.77. The highest BCUT2D eigenvalue weighted by Gasteiger charge is 2.27. The molecule has 0 amide bonds. The summed E-state index contributed by atoms with van der Waals surface area (Å²) in [6, 6.07) is 6.31. The number of hydrogen-bond donors (Lipinski definition) is 2. The zero-order valence-electron chi connectivity index (χ0n) is 13.3. The molecule has 0 bridgehead atoms. The van der Waals surface area contributed by atoms with E-state index in [4.69, 9.17) is 4.74 Å². The van der Waals surface area contributed by atoms with Crippen LogP contribution in [0.1, 0.15) is 19.4 Å². The number of nitrogens with zero attached hydrogens (tertiary/aromatic N) is 2. The van der Waals surface area contributed by atoms with E-state index < -0.39 is 7.12 Å². The molecule has 2 rings (SSSR count). The van der Waals surface area contributed by atoms with Gasteiger partial charge in [-0.05, 0) is 32.4 Å². The summed E-state index contributed by atoms with van der Waals surface area (Å²) in [7, 11) is 2.36. The Kier molecular flexibility index (Phi) is 5.27. The minimum absolute atomic E-state index is 0.501. The van der Waals surface area contributed by atoms with E-state index in [-0.39, 0.29) is 0 Å². The molecule has 0 radical (unpaired) electrons. The zero-order valence-corrected chi connectivity index (χ0v) is 13.3. The number of methoxy groups -OCH3 is 1.